The van der Waals surface area contributed by atoms with Crippen LogP contribution in [0.25, 0.3) is 0 Å². The van der Waals surface area contributed by atoms with Crippen LogP contribution in [-0.4, -0.2) is 46.0 Å². The monoisotopic (exact) mass is 300 g/mol. The second-order valence-corrected chi connectivity index (χ2v) is 5.34. The summed E-state index contributed by atoms with van der Waals surface area (Å²) in [5, 5.41) is 2.93. The van der Waals surface area contributed by atoms with Gasteiger partial charge >= 0.3 is 0 Å². The lowest BCUT2D eigenvalue weighted by atomic mass is 10.1. The number of anilines is 1. The zero-order valence-electron chi connectivity index (χ0n) is 13.2. The van der Waals surface area contributed by atoms with E-state index >= 15 is 0 Å². The number of hydrogen-bond donors (Lipinski definition) is 1. The van der Waals surface area contributed by atoms with Gasteiger partial charge in [-0.3, -0.25) is 14.8 Å². The molecule has 7 nitrogen and oxygen atoms in total. The van der Waals surface area contributed by atoms with Crippen molar-refractivity contribution in [1.82, 2.24) is 25.3 Å². The number of amides is 1. The summed E-state index contributed by atoms with van der Waals surface area (Å²) in [6.07, 6.45) is 7.14. The van der Waals surface area contributed by atoms with Gasteiger partial charge in [-0.2, -0.15) is 0 Å². The van der Waals surface area contributed by atoms with E-state index in [1.807, 2.05) is 21.0 Å². The number of rotatable bonds is 5. The molecule has 0 aliphatic carbocycles. The minimum atomic E-state index is -0.181. The molecule has 2 aromatic rings. The van der Waals surface area contributed by atoms with Gasteiger partial charge < -0.3 is 10.2 Å². The number of carbonyl (C=O) groups excluding carboxylic acids is 1. The maximum absolute atomic E-state index is 12.3. The second kappa shape index (κ2) is 6.93. The van der Waals surface area contributed by atoms with E-state index in [4.69, 9.17) is 0 Å². The third-order valence-corrected chi connectivity index (χ3v) is 3.12. The lowest BCUT2D eigenvalue weighted by Gasteiger charge is -2.15. The van der Waals surface area contributed by atoms with Gasteiger partial charge in [0.25, 0.3) is 5.91 Å². The largest absolute Gasteiger partial charge is 0.349 e. The Kier molecular flexibility index (Phi) is 4.98. The van der Waals surface area contributed by atoms with E-state index in [1.165, 1.54) is 0 Å². The molecular formula is C15H20N6O. The van der Waals surface area contributed by atoms with Gasteiger partial charge in [0, 0.05) is 51.3 Å². The third kappa shape index (κ3) is 3.97. The summed E-state index contributed by atoms with van der Waals surface area (Å²) < 4.78 is 0. The van der Waals surface area contributed by atoms with Crippen LogP contribution in [0.1, 0.15) is 28.7 Å². The molecule has 0 bridgehead atoms. The maximum atomic E-state index is 12.3. The molecule has 7 heteroatoms. The van der Waals surface area contributed by atoms with Gasteiger partial charge in [-0.1, -0.05) is 0 Å². The molecule has 0 aliphatic heterocycles. The Bertz CT molecular complexity index is 644. The molecule has 0 unspecified atom stereocenters. The van der Waals surface area contributed by atoms with Gasteiger partial charge in [-0.15, -0.1) is 0 Å². The molecule has 1 atom stereocenters. The van der Waals surface area contributed by atoms with Crippen LogP contribution in [0.2, 0.25) is 0 Å². The van der Waals surface area contributed by atoms with Crippen LogP contribution >= 0.6 is 0 Å². The van der Waals surface area contributed by atoms with Crippen LogP contribution in [0.4, 0.5) is 5.95 Å². The highest BCUT2D eigenvalue weighted by atomic mass is 16.1. The van der Waals surface area contributed by atoms with E-state index in [-0.39, 0.29) is 11.9 Å². The van der Waals surface area contributed by atoms with Crippen molar-refractivity contribution < 1.29 is 4.79 Å². The van der Waals surface area contributed by atoms with Crippen molar-refractivity contribution in [2.24, 2.45) is 0 Å². The molecule has 0 fully saturated rings. The molecule has 22 heavy (non-hydrogen) atoms. The summed E-state index contributed by atoms with van der Waals surface area (Å²) in [5.41, 5.74) is 1.98. The molecule has 0 aliphatic rings. The molecule has 0 saturated carbocycles. The van der Waals surface area contributed by atoms with Gasteiger partial charge in [0.1, 0.15) is 0 Å². The number of aryl methyl sites for hydroxylation is 1. The van der Waals surface area contributed by atoms with Crippen LogP contribution in [0.15, 0.2) is 24.8 Å². The van der Waals surface area contributed by atoms with Gasteiger partial charge in [-0.25, -0.2) is 9.97 Å². The number of nitrogens with one attached hydrogen (secondary N) is 1. The lowest BCUT2D eigenvalue weighted by Crippen LogP contribution is -2.35. The van der Waals surface area contributed by atoms with Crippen molar-refractivity contribution in [3.8, 4) is 0 Å². The Morgan fingerprint density at radius 2 is 2.05 bits per heavy atom. The number of carbonyl (C=O) groups is 1. The summed E-state index contributed by atoms with van der Waals surface area (Å²) in [7, 11) is 3.72. The molecular weight excluding hydrogens is 280 g/mol. The first-order valence-corrected chi connectivity index (χ1v) is 7.04. The maximum Gasteiger partial charge on any atom is 0.254 e. The summed E-state index contributed by atoms with van der Waals surface area (Å²) in [4.78, 5) is 30.8. The molecule has 0 saturated heterocycles. The van der Waals surface area contributed by atoms with Crippen molar-refractivity contribution in [3.63, 3.8) is 0 Å². The van der Waals surface area contributed by atoms with Gasteiger partial charge in [0.2, 0.25) is 5.95 Å². The molecule has 1 amide bonds. The van der Waals surface area contributed by atoms with E-state index in [2.05, 4.69) is 25.3 Å². The summed E-state index contributed by atoms with van der Waals surface area (Å²) >= 11 is 0. The van der Waals surface area contributed by atoms with Crippen LogP contribution in [0.3, 0.4) is 0 Å². The Morgan fingerprint density at radius 1 is 1.27 bits per heavy atom. The molecule has 2 aromatic heterocycles. The molecule has 116 valence electrons. The Morgan fingerprint density at radius 3 is 2.64 bits per heavy atom. The molecule has 0 radical (unpaired) electrons. The van der Waals surface area contributed by atoms with Crippen molar-refractivity contribution in [2.45, 2.75) is 26.3 Å². The average Bonchev–Trinajstić information content (AvgIpc) is 2.47. The summed E-state index contributed by atoms with van der Waals surface area (Å²) in [6, 6.07) is -0.0582. The number of nitrogens with zero attached hydrogens (tertiary/aromatic N) is 5. The third-order valence-electron chi connectivity index (χ3n) is 3.12. The van der Waals surface area contributed by atoms with Gasteiger partial charge in [0.05, 0.1) is 17.0 Å². The SMILES string of the molecule is Cc1nc(N(C)C)ncc1C(=O)N[C@H](C)Cc1cnccn1. The fraction of sp³-hybridized carbons (Fsp3) is 0.400. The lowest BCUT2D eigenvalue weighted by molar-refractivity contribution is 0.0938. The highest BCUT2D eigenvalue weighted by molar-refractivity contribution is 5.95. The van der Waals surface area contributed by atoms with Crippen molar-refractivity contribution in [1.29, 1.82) is 0 Å². The molecule has 2 heterocycles. The van der Waals surface area contributed by atoms with E-state index in [0.29, 0.717) is 23.6 Å². The highest BCUT2D eigenvalue weighted by Gasteiger charge is 2.15. The van der Waals surface area contributed by atoms with Crippen molar-refractivity contribution in [3.05, 3.63) is 41.7 Å². The summed E-state index contributed by atoms with van der Waals surface area (Å²) in [5.74, 6) is 0.404. The molecule has 0 aromatic carbocycles. The smallest absolute Gasteiger partial charge is 0.254 e. The average molecular weight is 300 g/mol. The zero-order valence-corrected chi connectivity index (χ0v) is 13.2. The van der Waals surface area contributed by atoms with Crippen LogP contribution in [0, 0.1) is 6.92 Å². The molecule has 1 N–H and O–H groups in total. The Hall–Kier alpha value is -2.57. The normalized spacial score (nSPS) is 11.8. The second-order valence-electron chi connectivity index (χ2n) is 5.34. The van der Waals surface area contributed by atoms with Crippen LogP contribution < -0.4 is 10.2 Å². The Balaban J connectivity index is 2.02. The predicted octanol–water partition coefficient (Wildman–Crippen LogP) is 1.00. The molecule has 0 spiro atoms. The van der Waals surface area contributed by atoms with Crippen LogP contribution in [0.5, 0.6) is 0 Å². The number of hydrogen-bond acceptors (Lipinski definition) is 6. The predicted molar refractivity (Wildman–Crippen MR) is 83.8 cm³/mol. The topological polar surface area (TPSA) is 83.9 Å². The number of aromatic nitrogens is 4. The molecule has 2 rings (SSSR count). The fourth-order valence-electron chi connectivity index (χ4n) is 1.99. The first-order chi connectivity index (χ1) is 10.5. The van der Waals surface area contributed by atoms with E-state index in [9.17, 15) is 4.79 Å². The van der Waals surface area contributed by atoms with Gasteiger partial charge in [-0.05, 0) is 13.8 Å². The Labute approximate surface area is 129 Å². The quantitative estimate of drug-likeness (QED) is 0.887. The first-order valence-electron chi connectivity index (χ1n) is 7.04. The van der Waals surface area contributed by atoms with E-state index in [0.717, 1.165) is 5.69 Å². The minimum absolute atomic E-state index is 0.0582. The van der Waals surface area contributed by atoms with E-state index in [1.54, 1.807) is 36.6 Å². The van der Waals surface area contributed by atoms with Crippen LogP contribution in [-0.2, 0) is 6.42 Å². The van der Waals surface area contributed by atoms with Gasteiger partial charge in [0.15, 0.2) is 0 Å². The standard InChI is InChI=1S/C15H20N6O/c1-10(7-12-8-16-5-6-17-12)19-14(22)13-9-18-15(21(3)4)20-11(13)2/h5-6,8-10H,7H2,1-4H3,(H,19,22)/t10-/m1/s1. The minimum Gasteiger partial charge on any atom is -0.349 e. The summed E-state index contributed by atoms with van der Waals surface area (Å²) in [6.45, 7) is 3.73. The fourth-order valence-corrected chi connectivity index (χ4v) is 1.99. The van der Waals surface area contributed by atoms with Crippen molar-refractivity contribution >= 4 is 11.9 Å². The van der Waals surface area contributed by atoms with Crippen molar-refractivity contribution in [2.75, 3.05) is 19.0 Å². The zero-order chi connectivity index (χ0) is 16.1. The highest BCUT2D eigenvalue weighted by Crippen LogP contribution is 2.09. The first kappa shape index (κ1) is 15.8. The van der Waals surface area contributed by atoms with E-state index < -0.39 is 0 Å².